The first-order valence-electron chi connectivity index (χ1n) is 12.2. The molecule has 0 bridgehead atoms. The van der Waals surface area contributed by atoms with E-state index in [1.54, 1.807) is 12.1 Å². The number of piperidine rings is 1. The van der Waals surface area contributed by atoms with Crippen LogP contribution in [0.1, 0.15) is 42.6 Å². The van der Waals surface area contributed by atoms with Crippen LogP contribution in [-0.2, 0) is 11.3 Å². The van der Waals surface area contributed by atoms with E-state index in [2.05, 4.69) is 36.9 Å². The third kappa shape index (κ3) is 8.10. The summed E-state index contributed by atoms with van der Waals surface area (Å²) in [7, 11) is 0. The van der Waals surface area contributed by atoms with Crippen LogP contribution in [0.5, 0.6) is 5.75 Å². The Labute approximate surface area is 220 Å². The smallest absolute Gasteiger partial charge is 0.490 e. The molecule has 202 valence electrons. The molecule has 2 saturated heterocycles. The molecular formula is C27H32ClF3N2O4. The number of carboxylic acids is 1. The number of carbonyl (C=O) groups excluding carboxylic acids is 1. The molecule has 4 rings (SSSR count). The van der Waals surface area contributed by atoms with Crippen molar-refractivity contribution >= 4 is 23.5 Å². The number of aliphatic carboxylic acids is 1. The van der Waals surface area contributed by atoms with Crippen molar-refractivity contribution in [2.24, 2.45) is 11.3 Å². The van der Waals surface area contributed by atoms with Gasteiger partial charge in [-0.05, 0) is 62.2 Å². The van der Waals surface area contributed by atoms with Gasteiger partial charge in [-0.3, -0.25) is 9.69 Å². The van der Waals surface area contributed by atoms with Gasteiger partial charge >= 0.3 is 12.1 Å². The first-order chi connectivity index (χ1) is 17.4. The Morgan fingerprint density at radius 3 is 2.16 bits per heavy atom. The Morgan fingerprint density at radius 2 is 1.62 bits per heavy atom. The van der Waals surface area contributed by atoms with Gasteiger partial charge in [0.2, 0.25) is 0 Å². The standard InChI is InChI=1S/C25H31ClN2O2.C2HF3O2/c1-19(2)16-30-23-6-4-3-5-21(23)15-27-13-11-25(12-14-27)17-28(18-25)24(29)20-7-9-22(26)10-8-20;3-2(4,5)1(6)7/h3-10,19H,11-18H2,1-2H3;(H,6,7). The molecule has 0 radical (unpaired) electrons. The molecule has 0 aliphatic carbocycles. The van der Waals surface area contributed by atoms with Crippen LogP contribution in [0.3, 0.4) is 0 Å². The largest absolute Gasteiger partial charge is 0.493 e. The van der Waals surface area contributed by atoms with Crippen LogP contribution in [0.2, 0.25) is 5.02 Å². The summed E-state index contributed by atoms with van der Waals surface area (Å²) < 4.78 is 37.8. The zero-order chi connectivity index (χ0) is 27.2. The third-order valence-corrected chi connectivity index (χ3v) is 6.78. The fourth-order valence-corrected chi connectivity index (χ4v) is 4.58. The second-order valence-electron chi connectivity index (χ2n) is 10.1. The predicted molar refractivity (Wildman–Crippen MR) is 135 cm³/mol. The molecule has 6 nitrogen and oxygen atoms in total. The van der Waals surface area contributed by atoms with Gasteiger partial charge in [0.05, 0.1) is 6.61 Å². The molecular weight excluding hydrogens is 509 g/mol. The molecule has 1 amide bonds. The number of carbonyl (C=O) groups is 2. The van der Waals surface area contributed by atoms with Crippen LogP contribution < -0.4 is 4.74 Å². The number of likely N-dealkylation sites (tertiary alicyclic amines) is 2. The maximum Gasteiger partial charge on any atom is 0.490 e. The van der Waals surface area contributed by atoms with E-state index in [0.717, 1.165) is 63.5 Å². The highest BCUT2D eigenvalue weighted by molar-refractivity contribution is 6.30. The number of amides is 1. The number of halogens is 4. The maximum absolute atomic E-state index is 12.7. The van der Waals surface area contributed by atoms with E-state index in [1.807, 2.05) is 23.1 Å². The summed E-state index contributed by atoms with van der Waals surface area (Å²) in [5.74, 6) is -1.11. The van der Waals surface area contributed by atoms with Gasteiger partial charge in [0.15, 0.2) is 0 Å². The lowest BCUT2D eigenvalue weighted by Gasteiger charge is -2.54. The number of alkyl halides is 3. The van der Waals surface area contributed by atoms with Gasteiger partial charge in [-0.15, -0.1) is 0 Å². The number of hydrogen-bond donors (Lipinski definition) is 1. The van der Waals surface area contributed by atoms with Crippen LogP contribution in [0, 0.1) is 11.3 Å². The predicted octanol–water partition coefficient (Wildman–Crippen LogP) is 5.75. The van der Waals surface area contributed by atoms with E-state index in [-0.39, 0.29) is 5.91 Å². The molecule has 37 heavy (non-hydrogen) atoms. The molecule has 2 aliphatic rings. The van der Waals surface area contributed by atoms with E-state index >= 15 is 0 Å². The van der Waals surface area contributed by atoms with Gasteiger partial charge in [0, 0.05) is 41.2 Å². The molecule has 2 heterocycles. The number of benzene rings is 2. The molecule has 2 aliphatic heterocycles. The van der Waals surface area contributed by atoms with Crippen molar-refractivity contribution in [1.29, 1.82) is 0 Å². The first-order valence-corrected chi connectivity index (χ1v) is 12.5. The van der Waals surface area contributed by atoms with Crippen molar-refractivity contribution in [2.45, 2.75) is 39.4 Å². The number of para-hydroxylation sites is 1. The maximum atomic E-state index is 12.7. The molecule has 1 spiro atoms. The minimum atomic E-state index is -5.08. The van der Waals surface area contributed by atoms with E-state index in [1.165, 1.54) is 5.56 Å². The number of hydrogen-bond acceptors (Lipinski definition) is 4. The van der Waals surface area contributed by atoms with Crippen molar-refractivity contribution in [3.8, 4) is 5.75 Å². The Kier molecular flexibility index (Phi) is 9.47. The van der Waals surface area contributed by atoms with Crippen LogP contribution in [0.25, 0.3) is 0 Å². The van der Waals surface area contributed by atoms with Crippen LogP contribution in [-0.4, -0.2) is 65.7 Å². The second-order valence-corrected chi connectivity index (χ2v) is 10.5. The normalized spacial score (nSPS) is 17.1. The molecule has 2 fully saturated rings. The van der Waals surface area contributed by atoms with E-state index in [9.17, 15) is 18.0 Å². The third-order valence-electron chi connectivity index (χ3n) is 6.53. The number of carboxylic acid groups (broad SMARTS) is 1. The monoisotopic (exact) mass is 540 g/mol. The quantitative estimate of drug-likeness (QED) is 0.505. The zero-order valence-corrected chi connectivity index (χ0v) is 21.7. The van der Waals surface area contributed by atoms with Crippen molar-refractivity contribution in [1.82, 2.24) is 9.80 Å². The zero-order valence-electron chi connectivity index (χ0n) is 20.9. The minimum absolute atomic E-state index is 0.121. The number of rotatable bonds is 6. The van der Waals surface area contributed by atoms with Crippen molar-refractivity contribution in [3.63, 3.8) is 0 Å². The van der Waals surface area contributed by atoms with E-state index in [0.29, 0.717) is 16.4 Å². The highest BCUT2D eigenvalue weighted by atomic mass is 35.5. The topological polar surface area (TPSA) is 70.1 Å². The van der Waals surface area contributed by atoms with Gasteiger partial charge in [0.25, 0.3) is 5.91 Å². The second kappa shape index (κ2) is 12.2. The van der Waals surface area contributed by atoms with E-state index in [4.69, 9.17) is 26.2 Å². The first kappa shape index (κ1) is 28.8. The Hall–Kier alpha value is -2.78. The Balaban J connectivity index is 0.000000479. The summed E-state index contributed by atoms with van der Waals surface area (Å²) in [6, 6.07) is 15.6. The molecule has 10 heteroatoms. The summed E-state index contributed by atoms with van der Waals surface area (Å²) in [6.07, 6.45) is -2.79. The Morgan fingerprint density at radius 1 is 1.05 bits per heavy atom. The summed E-state index contributed by atoms with van der Waals surface area (Å²) in [6.45, 7) is 9.91. The number of nitrogens with zero attached hydrogens (tertiary/aromatic N) is 2. The van der Waals surface area contributed by atoms with Crippen LogP contribution >= 0.6 is 11.6 Å². The molecule has 2 aromatic rings. The SMILES string of the molecule is CC(C)COc1ccccc1CN1CCC2(CC1)CN(C(=O)c1ccc(Cl)cc1)C2.O=C(O)C(F)(F)F. The minimum Gasteiger partial charge on any atom is -0.493 e. The van der Waals surface area contributed by atoms with Crippen LogP contribution in [0.4, 0.5) is 13.2 Å². The van der Waals surface area contributed by atoms with E-state index < -0.39 is 12.1 Å². The highest BCUT2D eigenvalue weighted by Gasteiger charge is 2.46. The molecule has 0 saturated carbocycles. The summed E-state index contributed by atoms with van der Waals surface area (Å²) >= 11 is 5.94. The lowest BCUT2D eigenvalue weighted by molar-refractivity contribution is -0.192. The van der Waals surface area contributed by atoms with Gasteiger partial charge in [0.1, 0.15) is 5.75 Å². The fourth-order valence-electron chi connectivity index (χ4n) is 4.46. The highest BCUT2D eigenvalue weighted by Crippen LogP contribution is 2.41. The van der Waals surface area contributed by atoms with Crippen molar-refractivity contribution in [3.05, 3.63) is 64.7 Å². The van der Waals surface area contributed by atoms with Gasteiger partial charge in [-0.2, -0.15) is 13.2 Å². The summed E-state index contributed by atoms with van der Waals surface area (Å²) in [5.41, 5.74) is 2.29. The molecule has 0 atom stereocenters. The average molecular weight is 541 g/mol. The van der Waals surface area contributed by atoms with Crippen molar-refractivity contribution < 1.29 is 32.6 Å². The fraction of sp³-hybridized carbons (Fsp3) is 0.481. The molecule has 1 N–H and O–H groups in total. The lowest BCUT2D eigenvalue weighted by atomic mass is 9.71. The van der Waals surface area contributed by atoms with Crippen LogP contribution in [0.15, 0.2) is 48.5 Å². The van der Waals surface area contributed by atoms with Crippen molar-refractivity contribution in [2.75, 3.05) is 32.8 Å². The lowest BCUT2D eigenvalue weighted by Crippen LogP contribution is -2.61. The van der Waals surface area contributed by atoms with Gasteiger partial charge < -0.3 is 14.7 Å². The van der Waals surface area contributed by atoms with Gasteiger partial charge in [-0.25, -0.2) is 4.79 Å². The molecule has 0 unspecified atom stereocenters. The van der Waals surface area contributed by atoms with Gasteiger partial charge in [-0.1, -0.05) is 43.6 Å². The molecule has 2 aromatic carbocycles. The summed E-state index contributed by atoms with van der Waals surface area (Å²) in [5, 5.41) is 7.79. The average Bonchev–Trinajstić information content (AvgIpc) is 2.82. The molecule has 0 aromatic heterocycles. The summed E-state index contributed by atoms with van der Waals surface area (Å²) in [4.78, 5) is 26.1. The number of ether oxygens (including phenoxy) is 1. The Bertz CT molecular complexity index is 1060.